The molecular weight excluding hydrogens is 340 g/mol. The molecule has 0 aliphatic carbocycles. The molecule has 0 heterocycles. The summed E-state index contributed by atoms with van der Waals surface area (Å²) in [5.74, 6) is -1.23. The Hall–Kier alpha value is -2.77. The molecule has 0 aliphatic heterocycles. The Morgan fingerprint density at radius 3 is 2.12 bits per heavy atom. The van der Waals surface area contributed by atoms with Crippen molar-refractivity contribution in [2.75, 3.05) is 0 Å². The molecule has 0 saturated carbocycles. The minimum absolute atomic E-state index is 0.0743. The van der Waals surface area contributed by atoms with Crippen molar-refractivity contribution in [2.45, 2.75) is 58.0 Å². The highest BCUT2D eigenvalue weighted by Crippen LogP contribution is 2.27. The normalized spacial score (nSPS) is 11.9. The van der Waals surface area contributed by atoms with E-state index >= 15 is 0 Å². The Morgan fingerprint density at radius 2 is 1.62 bits per heavy atom. The van der Waals surface area contributed by atoms with Crippen LogP contribution in [0.3, 0.4) is 0 Å². The number of benzene rings is 1. The second-order valence-electron chi connectivity index (χ2n) is 6.07. The van der Waals surface area contributed by atoms with Crippen LogP contribution in [0.1, 0.15) is 57.4 Å². The molecule has 0 amide bonds. The van der Waals surface area contributed by atoms with Gasteiger partial charge in [0.25, 0.3) is 0 Å². The lowest BCUT2D eigenvalue weighted by Crippen LogP contribution is -2.29. The summed E-state index contributed by atoms with van der Waals surface area (Å²) in [6.45, 7) is 2.07. The fourth-order valence-corrected chi connectivity index (χ4v) is 2.80. The number of aliphatic carboxylic acids is 1. The van der Waals surface area contributed by atoms with Gasteiger partial charge < -0.3 is 5.11 Å². The van der Waals surface area contributed by atoms with Crippen LogP contribution in [-0.2, 0) is 4.79 Å². The van der Waals surface area contributed by atoms with E-state index in [0.717, 1.165) is 25.7 Å². The number of hydrogen-bond acceptors (Lipinski definition) is 5. The van der Waals surface area contributed by atoms with Crippen LogP contribution in [0.2, 0.25) is 0 Å². The first kappa shape index (κ1) is 21.3. The van der Waals surface area contributed by atoms with Crippen molar-refractivity contribution in [2.24, 2.45) is 0 Å². The van der Waals surface area contributed by atoms with E-state index in [4.69, 9.17) is 0 Å². The van der Waals surface area contributed by atoms with Gasteiger partial charge in [-0.05, 0) is 24.0 Å². The van der Waals surface area contributed by atoms with Gasteiger partial charge in [0.2, 0.25) is 0 Å². The summed E-state index contributed by atoms with van der Waals surface area (Å²) in [6, 6.07) is 8.23. The molecule has 0 fully saturated rings. The van der Waals surface area contributed by atoms with Gasteiger partial charge >= 0.3 is 12.1 Å². The predicted octanol–water partition coefficient (Wildman–Crippen LogP) is 4.15. The van der Waals surface area contributed by atoms with Gasteiger partial charge in [-0.25, -0.2) is 4.79 Å². The van der Waals surface area contributed by atoms with Gasteiger partial charge in [-0.1, -0.05) is 62.9 Å². The van der Waals surface area contributed by atoms with E-state index in [1.165, 1.54) is 0 Å². The Kier molecular flexibility index (Phi) is 8.97. The van der Waals surface area contributed by atoms with Gasteiger partial charge in [-0.2, -0.15) is 0 Å². The zero-order valence-electron chi connectivity index (χ0n) is 14.8. The second kappa shape index (κ2) is 11.0. The number of unbranched alkanes of at least 4 members (excludes halogenated alkanes) is 4. The molecule has 8 heteroatoms. The standard InChI is InChI=1S/C18H24N2O6/c1-2-3-4-5-7-12-15(13-16(19(23)24)20(25)26)17(18(21)22)14-10-8-6-9-11-14/h6,8-11,16H,2-5,7,12-13H2,1H3,(H,21,22). The summed E-state index contributed by atoms with van der Waals surface area (Å²) in [5.41, 5.74) is 0.572. The van der Waals surface area contributed by atoms with E-state index in [0.29, 0.717) is 18.4 Å². The van der Waals surface area contributed by atoms with E-state index in [1.807, 2.05) is 0 Å². The Bertz CT molecular complexity index is 643. The van der Waals surface area contributed by atoms with Crippen molar-refractivity contribution < 1.29 is 19.7 Å². The number of hydrogen-bond donors (Lipinski definition) is 1. The highest BCUT2D eigenvalue weighted by Gasteiger charge is 2.35. The lowest BCUT2D eigenvalue weighted by molar-refractivity contribution is -0.741. The maximum absolute atomic E-state index is 11.8. The van der Waals surface area contributed by atoms with Gasteiger partial charge in [-0.3, -0.25) is 20.2 Å². The molecular formula is C18H24N2O6. The van der Waals surface area contributed by atoms with Crippen LogP contribution in [0, 0.1) is 20.2 Å². The number of carboxylic acids is 1. The van der Waals surface area contributed by atoms with Crippen LogP contribution < -0.4 is 0 Å². The Labute approximate surface area is 151 Å². The Morgan fingerprint density at radius 1 is 1.04 bits per heavy atom. The van der Waals surface area contributed by atoms with Crippen LogP contribution in [0.25, 0.3) is 5.57 Å². The van der Waals surface area contributed by atoms with E-state index < -0.39 is 28.4 Å². The summed E-state index contributed by atoms with van der Waals surface area (Å²) in [7, 11) is 0. The molecule has 0 atom stereocenters. The van der Waals surface area contributed by atoms with E-state index in [2.05, 4.69) is 6.92 Å². The smallest absolute Gasteiger partial charge is 0.454 e. The van der Waals surface area contributed by atoms with Crippen molar-refractivity contribution in [1.82, 2.24) is 0 Å². The first-order chi connectivity index (χ1) is 12.4. The third-order valence-corrected chi connectivity index (χ3v) is 4.13. The monoisotopic (exact) mass is 364 g/mol. The van der Waals surface area contributed by atoms with Crippen LogP contribution >= 0.6 is 0 Å². The molecule has 142 valence electrons. The van der Waals surface area contributed by atoms with E-state index in [9.17, 15) is 30.1 Å². The number of carboxylic acid groups (broad SMARTS) is 1. The SMILES string of the molecule is CCCCCCCC(CC([N+](=O)[O-])[N+](=O)[O-])=C(C(=O)O)c1ccccc1. The number of nitrogens with zero attached hydrogens (tertiary/aromatic N) is 2. The molecule has 1 rings (SSSR count). The fraction of sp³-hybridized carbons (Fsp3) is 0.500. The largest absolute Gasteiger partial charge is 0.478 e. The van der Waals surface area contributed by atoms with Crippen molar-refractivity contribution >= 4 is 11.5 Å². The summed E-state index contributed by atoms with van der Waals surface area (Å²) in [6.07, 6.45) is 2.31. The average molecular weight is 364 g/mol. The van der Waals surface area contributed by atoms with Crippen LogP contribution in [0.4, 0.5) is 0 Å². The second-order valence-corrected chi connectivity index (χ2v) is 6.07. The van der Waals surface area contributed by atoms with E-state index in [1.54, 1.807) is 30.3 Å². The summed E-state index contributed by atoms with van der Waals surface area (Å²) >= 11 is 0. The van der Waals surface area contributed by atoms with Crippen LogP contribution in [0.5, 0.6) is 0 Å². The summed E-state index contributed by atoms with van der Waals surface area (Å²) in [4.78, 5) is 31.9. The molecule has 1 aromatic rings. The van der Waals surface area contributed by atoms with Gasteiger partial charge in [0, 0.05) is 0 Å². The van der Waals surface area contributed by atoms with Gasteiger partial charge in [0.05, 0.1) is 15.4 Å². The van der Waals surface area contributed by atoms with Crippen molar-refractivity contribution in [1.29, 1.82) is 0 Å². The van der Waals surface area contributed by atoms with E-state index in [-0.39, 0.29) is 11.1 Å². The highest BCUT2D eigenvalue weighted by molar-refractivity contribution is 6.16. The minimum atomic E-state index is -2.04. The lowest BCUT2D eigenvalue weighted by atomic mass is 9.92. The third-order valence-electron chi connectivity index (χ3n) is 4.13. The molecule has 0 aromatic heterocycles. The predicted molar refractivity (Wildman–Crippen MR) is 96.8 cm³/mol. The fourth-order valence-electron chi connectivity index (χ4n) is 2.80. The van der Waals surface area contributed by atoms with Gasteiger partial charge in [0.15, 0.2) is 0 Å². The maximum Gasteiger partial charge on any atom is 0.454 e. The van der Waals surface area contributed by atoms with Gasteiger partial charge in [-0.15, -0.1) is 0 Å². The van der Waals surface area contributed by atoms with Crippen molar-refractivity contribution in [3.8, 4) is 0 Å². The third kappa shape index (κ3) is 6.62. The summed E-state index contributed by atoms with van der Waals surface area (Å²) in [5, 5.41) is 31.7. The molecule has 0 radical (unpaired) electrons. The molecule has 1 aromatic carbocycles. The number of carbonyl (C=O) groups is 1. The number of nitro groups is 2. The molecule has 0 spiro atoms. The quantitative estimate of drug-likeness (QED) is 0.195. The molecule has 0 saturated heterocycles. The van der Waals surface area contributed by atoms with Crippen molar-refractivity contribution in [3.05, 3.63) is 61.7 Å². The molecule has 26 heavy (non-hydrogen) atoms. The Balaban J connectivity index is 3.19. The molecule has 1 N–H and O–H groups in total. The molecule has 0 aliphatic rings. The summed E-state index contributed by atoms with van der Waals surface area (Å²) < 4.78 is 0. The average Bonchev–Trinajstić information content (AvgIpc) is 2.59. The lowest BCUT2D eigenvalue weighted by Gasteiger charge is -2.13. The highest BCUT2D eigenvalue weighted by atomic mass is 16.7. The first-order valence-corrected chi connectivity index (χ1v) is 8.66. The minimum Gasteiger partial charge on any atom is -0.478 e. The first-order valence-electron chi connectivity index (χ1n) is 8.66. The zero-order chi connectivity index (χ0) is 19.5. The van der Waals surface area contributed by atoms with Crippen molar-refractivity contribution in [3.63, 3.8) is 0 Å². The van der Waals surface area contributed by atoms with Crippen LogP contribution in [0.15, 0.2) is 35.9 Å². The van der Waals surface area contributed by atoms with Crippen LogP contribution in [-0.4, -0.2) is 27.1 Å². The maximum atomic E-state index is 11.8. The van der Waals surface area contributed by atoms with Gasteiger partial charge in [0.1, 0.15) is 6.42 Å². The topological polar surface area (TPSA) is 124 Å². The molecule has 0 unspecified atom stereocenters. The molecule has 8 nitrogen and oxygen atoms in total. The zero-order valence-corrected chi connectivity index (χ0v) is 14.8. The molecule has 0 bridgehead atoms. The number of rotatable bonds is 12.